The Morgan fingerprint density at radius 2 is 1.64 bits per heavy atom. The van der Waals surface area contributed by atoms with Gasteiger partial charge in [-0.05, 0) is 18.4 Å². The molecule has 0 aromatic heterocycles. The van der Waals surface area contributed by atoms with Gasteiger partial charge in [-0.2, -0.15) is 0 Å². The number of carboxylic acids is 1. The number of thioether (sulfide) groups is 1. The fraction of sp³-hybridized carbons (Fsp3) is 0.263. The summed E-state index contributed by atoms with van der Waals surface area (Å²) in [4.78, 5) is 23.3. The predicted molar refractivity (Wildman–Crippen MR) is 101 cm³/mol. The molecular formula is C19H22N2O3S. The van der Waals surface area contributed by atoms with Crippen LogP contribution in [-0.2, 0) is 11.2 Å². The molecule has 2 aromatic carbocycles. The van der Waals surface area contributed by atoms with Gasteiger partial charge in [-0.25, -0.2) is 5.43 Å². The standard InChI is InChI=1S/C19H22N2O3S/c22-18(23)17(14-25-19(24)16-11-5-2-6-12-16)21-20-13-7-10-15-8-3-1-4-9-15/h1-6,8-9,11-12,17,20-21H,7,10,13-14H2,(H,22,23)/t17-/m0/s1. The SMILES string of the molecule is O=C(SC[C@H](NNCCCc1ccccc1)C(=O)O)c1ccccc1. The lowest BCUT2D eigenvalue weighted by atomic mass is 10.1. The second-order valence-electron chi connectivity index (χ2n) is 5.52. The molecule has 2 rings (SSSR count). The smallest absolute Gasteiger partial charge is 0.322 e. The Labute approximate surface area is 151 Å². The van der Waals surface area contributed by atoms with Crippen molar-refractivity contribution in [3.63, 3.8) is 0 Å². The molecule has 0 aliphatic rings. The molecule has 0 unspecified atom stereocenters. The summed E-state index contributed by atoms with van der Waals surface area (Å²) in [6, 6.07) is 18.2. The van der Waals surface area contributed by atoms with Crippen LogP contribution in [0.15, 0.2) is 60.7 Å². The van der Waals surface area contributed by atoms with Crippen LogP contribution < -0.4 is 10.9 Å². The van der Waals surface area contributed by atoms with Crippen molar-refractivity contribution in [2.24, 2.45) is 0 Å². The number of aryl methyl sites for hydroxylation is 1. The zero-order valence-electron chi connectivity index (χ0n) is 13.9. The molecule has 5 nitrogen and oxygen atoms in total. The number of hydrogen-bond acceptors (Lipinski definition) is 5. The van der Waals surface area contributed by atoms with Crippen LogP contribution in [-0.4, -0.2) is 34.5 Å². The van der Waals surface area contributed by atoms with Crippen molar-refractivity contribution < 1.29 is 14.7 Å². The van der Waals surface area contributed by atoms with Crippen LogP contribution in [0.5, 0.6) is 0 Å². The largest absolute Gasteiger partial charge is 0.480 e. The minimum atomic E-state index is -0.982. The molecule has 0 saturated heterocycles. The summed E-state index contributed by atoms with van der Waals surface area (Å²) in [5, 5.41) is 9.14. The number of carbonyl (C=O) groups is 2. The Hall–Kier alpha value is -2.15. The molecule has 0 heterocycles. The molecule has 0 spiro atoms. The highest BCUT2D eigenvalue weighted by Gasteiger charge is 2.19. The Balaban J connectivity index is 1.68. The van der Waals surface area contributed by atoms with Gasteiger partial charge in [0.25, 0.3) is 0 Å². The van der Waals surface area contributed by atoms with Gasteiger partial charge in [-0.3, -0.25) is 15.0 Å². The average molecular weight is 358 g/mol. The normalized spacial score (nSPS) is 11.8. The molecule has 0 saturated carbocycles. The second-order valence-corrected chi connectivity index (χ2v) is 6.51. The maximum absolute atomic E-state index is 12.0. The van der Waals surface area contributed by atoms with E-state index in [0.717, 1.165) is 24.6 Å². The van der Waals surface area contributed by atoms with Crippen LogP contribution in [0.25, 0.3) is 0 Å². The molecule has 2 aromatic rings. The summed E-state index contributed by atoms with van der Waals surface area (Å²) in [7, 11) is 0. The summed E-state index contributed by atoms with van der Waals surface area (Å²) >= 11 is 1.00. The van der Waals surface area contributed by atoms with Crippen molar-refractivity contribution >= 4 is 22.8 Å². The summed E-state index contributed by atoms with van der Waals surface area (Å²) in [5.41, 5.74) is 7.56. The quantitative estimate of drug-likeness (QED) is 0.448. The number of hydrogen-bond donors (Lipinski definition) is 3. The zero-order valence-corrected chi connectivity index (χ0v) is 14.7. The molecule has 1 atom stereocenters. The molecule has 6 heteroatoms. The molecule has 132 valence electrons. The van der Waals surface area contributed by atoms with Crippen molar-refractivity contribution in [3.8, 4) is 0 Å². The van der Waals surface area contributed by atoms with Gasteiger partial charge in [0.1, 0.15) is 6.04 Å². The minimum absolute atomic E-state index is 0.127. The number of carbonyl (C=O) groups excluding carboxylic acids is 1. The van der Waals surface area contributed by atoms with Gasteiger partial charge in [-0.1, -0.05) is 72.4 Å². The predicted octanol–water partition coefficient (Wildman–Crippen LogP) is 2.74. The van der Waals surface area contributed by atoms with E-state index < -0.39 is 12.0 Å². The summed E-state index contributed by atoms with van der Waals surface area (Å²) in [6.45, 7) is 0.649. The molecule has 0 amide bonds. The first-order chi connectivity index (χ1) is 12.2. The van der Waals surface area contributed by atoms with Gasteiger partial charge in [0.05, 0.1) is 0 Å². The summed E-state index contributed by atoms with van der Waals surface area (Å²) in [5.74, 6) is -0.821. The molecule has 0 bridgehead atoms. The summed E-state index contributed by atoms with van der Waals surface area (Å²) in [6.07, 6.45) is 1.81. The second kappa shape index (κ2) is 10.7. The Morgan fingerprint density at radius 1 is 1.00 bits per heavy atom. The Bertz CT molecular complexity index is 665. The Kier molecular flexibility index (Phi) is 8.18. The van der Waals surface area contributed by atoms with Gasteiger partial charge < -0.3 is 5.11 Å². The van der Waals surface area contributed by atoms with Crippen molar-refractivity contribution in [1.82, 2.24) is 10.9 Å². The highest BCUT2D eigenvalue weighted by Crippen LogP contribution is 2.13. The lowest BCUT2D eigenvalue weighted by Crippen LogP contribution is -2.47. The van der Waals surface area contributed by atoms with Crippen molar-refractivity contribution in [2.45, 2.75) is 18.9 Å². The maximum Gasteiger partial charge on any atom is 0.322 e. The third-order valence-electron chi connectivity index (χ3n) is 3.58. The van der Waals surface area contributed by atoms with E-state index in [9.17, 15) is 14.7 Å². The van der Waals surface area contributed by atoms with E-state index in [-0.39, 0.29) is 10.9 Å². The first-order valence-electron chi connectivity index (χ1n) is 8.14. The molecule has 0 radical (unpaired) electrons. The first kappa shape index (κ1) is 19.2. The van der Waals surface area contributed by atoms with Gasteiger partial charge in [0.15, 0.2) is 0 Å². The van der Waals surface area contributed by atoms with E-state index in [1.165, 1.54) is 5.56 Å². The lowest BCUT2D eigenvalue weighted by Gasteiger charge is -2.14. The number of carboxylic acid groups (broad SMARTS) is 1. The van der Waals surface area contributed by atoms with Crippen LogP contribution in [0, 0.1) is 0 Å². The third kappa shape index (κ3) is 7.09. The number of benzene rings is 2. The highest BCUT2D eigenvalue weighted by molar-refractivity contribution is 8.14. The highest BCUT2D eigenvalue weighted by atomic mass is 32.2. The number of nitrogens with one attached hydrogen (secondary N) is 2. The van der Waals surface area contributed by atoms with Gasteiger partial charge in [-0.15, -0.1) is 0 Å². The number of rotatable bonds is 10. The average Bonchev–Trinajstić information content (AvgIpc) is 2.65. The topological polar surface area (TPSA) is 78.4 Å². The van der Waals surface area contributed by atoms with Gasteiger partial charge >= 0.3 is 5.97 Å². The van der Waals surface area contributed by atoms with E-state index in [1.54, 1.807) is 24.3 Å². The van der Waals surface area contributed by atoms with Crippen LogP contribution in [0.3, 0.4) is 0 Å². The number of hydrazine groups is 1. The van der Waals surface area contributed by atoms with Crippen LogP contribution in [0.4, 0.5) is 0 Å². The zero-order chi connectivity index (χ0) is 17.9. The van der Waals surface area contributed by atoms with Gasteiger partial charge in [0.2, 0.25) is 5.12 Å². The van der Waals surface area contributed by atoms with Crippen LogP contribution in [0.1, 0.15) is 22.3 Å². The molecule has 0 fully saturated rings. The lowest BCUT2D eigenvalue weighted by molar-refractivity contribution is -0.139. The van der Waals surface area contributed by atoms with Crippen LogP contribution in [0.2, 0.25) is 0 Å². The van der Waals surface area contributed by atoms with Crippen LogP contribution >= 0.6 is 11.8 Å². The van der Waals surface area contributed by atoms with Crippen molar-refractivity contribution in [1.29, 1.82) is 0 Å². The van der Waals surface area contributed by atoms with E-state index in [2.05, 4.69) is 23.0 Å². The Morgan fingerprint density at radius 3 is 2.28 bits per heavy atom. The van der Waals surface area contributed by atoms with E-state index in [4.69, 9.17) is 0 Å². The molecule has 0 aliphatic carbocycles. The molecule has 0 aliphatic heterocycles. The van der Waals surface area contributed by atoms with E-state index in [0.29, 0.717) is 12.1 Å². The molecule has 3 N–H and O–H groups in total. The fourth-order valence-corrected chi connectivity index (χ4v) is 3.06. The fourth-order valence-electron chi connectivity index (χ4n) is 2.21. The minimum Gasteiger partial charge on any atom is -0.480 e. The third-order valence-corrected chi connectivity index (χ3v) is 4.57. The monoisotopic (exact) mass is 358 g/mol. The molecule has 25 heavy (non-hydrogen) atoms. The first-order valence-corrected chi connectivity index (χ1v) is 9.12. The van der Waals surface area contributed by atoms with E-state index >= 15 is 0 Å². The maximum atomic E-state index is 12.0. The summed E-state index contributed by atoms with van der Waals surface area (Å²) < 4.78 is 0. The molecular weight excluding hydrogens is 336 g/mol. The van der Waals surface area contributed by atoms with Gasteiger partial charge in [0, 0.05) is 17.9 Å². The van der Waals surface area contributed by atoms with Crippen molar-refractivity contribution in [3.05, 3.63) is 71.8 Å². The van der Waals surface area contributed by atoms with E-state index in [1.807, 2.05) is 24.3 Å². The number of aliphatic carboxylic acids is 1. The van der Waals surface area contributed by atoms with Crippen molar-refractivity contribution in [2.75, 3.05) is 12.3 Å².